The zero-order valence-electron chi connectivity index (χ0n) is 12.8. The Morgan fingerprint density at radius 1 is 1.22 bits per heavy atom. The third-order valence-electron chi connectivity index (χ3n) is 3.41. The predicted octanol–water partition coefficient (Wildman–Crippen LogP) is 2.85. The average molecular weight is 310 g/mol. The first-order chi connectivity index (χ1) is 11.2. The van der Waals surface area contributed by atoms with Gasteiger partial charge in [0.05, 0.1) is 23.8 Å². The van der Waals surface area contributed by atoms with E-state index in [2.05, 4.69) is 11.4 Å². The molecule has 1 atom stereocenters. The Labute approximate surface area is 135 Å². The molecule has 0 aliphatic carbocycles. The van der Waals surface area contributed by atoms with Gasteiger partial charge in [-0.2, -0.15) is 5.26 Å². The second-order valence-electron chi connectivity index (χ2n) is 4.97. The summed E-state index contributed by atoms with van der Waals surface area (Å²) in [6, 6.07) is 15.4. The van der Waals surface area contributed by atoms with Crippen LogP contribution >= 0.6 is 0 Å². The molecule has 118 valence electrons. The molecule has 0 saturated heterocycles. The van der Waals surface area contributed by atoms with Crippen molar-refractivity contribution in [2.24, 2.45) is 0 Å². The van der Waals surface area contributed by atoms with Gasteiger partial charge in [-0.15, -0.1) is 0 Å². The number of nitriles is 1. The summed E-state index contributed by atoms with van der Waals surface area (Å²) in [5, 5.41) is 21.1. The zero-order chi connectivity index (χ0) is 16.7. The Kier molecular flexibility index (Phi) is 5.73. The largest absolute Gasteiger partial charge is 0.455 e. The van der Waals surface area contributed by atoms with Crippen LogP contribution in [0.15, 0.2) is 48.5 Å². The SMILES string of the molecule is CCC(CO)NC(=O)c1ccccc1Oc1ccccc1C#N. The van der Waals surface area contributed by atoms with Crippen molar-refractivity contribution in [2.75, 3.05) is 6.61 Å². The molecular formula is C18H18N2O3. The van der Waals surface area contributed by atoms with Crippen molar-refractivity contribution in [3.05, 3.63) is 59.7 Å². The van der Waals surface area contributed by atoms with Gasteiger partial charge in [0.1, 0.15) is 17.6 Å². The summed E-state index contributed by atoms with van der Waals surface area (Å²) in [6.07, 6.45) is 0.628. The van der Waals surface area contributed by atoms with E-state index in [9.17, 15) is 9.90 Å². The van der Waals surface area contributed by atoms with Crippen LogP contribution in [-0.4, -0.2) is 23.7 Å². The van der Waals surface area contributed by atoms with Crippen LogP contribution in [0.1, 0.15) is 29.3 Å². The minimum absolute atomic E-state index is 0.122. The summed E-state index contributed by atoms with van der Waals surface area (Å²) < 4.78 is 5.76. The van der Waals surface area contributed by atoms with Crippen molar-refractivity contribution in [1.29, 1.82) is 5.26 Å². The number of hydrogen-bond donors (Lipinski definition) is 2. The number of hydrogen-bond acceptors (Lipinski definition) is 4. The quantitative estimate of drug-likeness (QED) is 0.859. The lowest BCUT2D eigenvalue weighted by Crippen LogP contribution is -2.37. The molecule has 23 heavy (non-hydrogen) atoms. The highest BCUT2D eigenvalue weighted by Gasteiger charge is 2.16. The van der Waals surface area contributed by atoms with Crippen molar-refractivity contribution < 1.29 is 14.6 Å². The number of para-hydroxylation sites is 2. The van der Waals surface area contributed by atoms with E-state index < -0.39 is 0 Å². The van der Waals surface area contributed by atoms with E-state index in [4.69, 9.17) is 10.00 Å². The van der Waals surface area contributed by atoms with Gasteiger partial charge in [-0.25, -0.2) is 0 Å². The van der Waals surface area contributed by atoms with Crippen molar-refractivity contribution in [1.82, 2.24) is 5.32 Å². The van der Waals surface area contributed by atoms with E-state index in [0.29, 0.717) is 29.0 Å². The highest BCUT2D eigenvalue weighted by Crippen LogP contribution is 2.27. The standard InChI is InChI=1S/C18H18N2O3/c1-2-14(12-21)20-18(22)15-8-4-6-10-17(15)23-16-9-5-3-7-13(16)11-19/h3-10,14,21H,2,12H2,1H3,(H,20,22). The molecule has 0 saturated carbocycles. The lowest BCUT2D eigenvalue weighted by atomic mass is 10.1. The van der Waals surface area contributed by atoms with Crippen LogP contribution in [0.5, 0.6) is 11.5 Å². The Morgan fingerprint density at radius 2 is 1.87 bits per heavy atom. The summed E-state index contributed by atoms with van der Waals surface area (Å²) in [7, 11) is 0. The molecule has 0 aromatic heterocycles. The maximum atomic E-state index is 12.4. The molecule has 2 aromatic rings. The lowest BCUT2D eigenvalue weighted by Gasteiger charge is -2.16. The monoisotopic (exact) mass is 310 g/mol. The van der Waals surface area contributed by atoms with Gasteiger partial charge in [0, 0.05) is 0 Å². The summed E-state index contributed by atoms with van der Waals surface area (Å²) in [6.45, 7) is 1.76. The first-order valence-electron chi connectivity index (χ1n) is 7.37. The second-order valence-corrected chi connectivity index (χ2v) is 4.97. The van der Waals surface area contributed by atoms with Crippen molar-refractivity contribution >= 4 is 5.91 Å². The lowest BCUT2D eigenvalue weighted by molar-refractivity contribution is 0.0912. The molecule has 2 N–H and O–H groups in total. The second kappa shape index (κ2) is 7.97. The fourth-order valence-corrected chi connectivity index (χ4v) is 2.05. The number of amides is 1. The normalized spacial score (nSPS) is 11.3. The molecule has 5 heteroatoms. The molecule has 0 aliphatic rings. The maximum Gasteiger partial charge on any atom is 0.255 e. The molecule has 2 rings (SSSR count). The number of benzene rings is 2. The average Bonchev–Trinajstić information content (AvgIpc) is 2.60. The van der Waals surface area contributed by atoms with Gasteiger partial charge in [-0.05, 0) is 30.7 Å². The van der Waals surface area contributed by atoms with Gasteiger partial charge in [0.15, 0.2) is 0 Å². The van der Waals surface area contributed by atoms with Crippen LogP contribution in [0.2, 0.25) is 0 Å². The molecule has 0 radical (unpaired) electrons. The topological polar surface area (TPSA) is 82.3 Å². The maximum absolute atomic E-state index is 12.4. The van der Waals surface area contributed by atoms with Gasteiger partial charge in [0.2, 0.25) is 0 Å². The molecule has 2 aromatic carbocycles. The van der Waals surface area contributed by atoms with Crippen LogP contribution < -0.4 is 10.1 Å². The van der Waals surface area contributed by atoms with Crippen LogP contribution in [0.25, 0.3) is 0 Å². The number of aliphatic hydroxyl groups is 1. The van der Waals surface area contributed by atoms with E-state index in [1.54, 1.807) is 48.5 Å². The third-order valence-corrected chi connectivity index (χ3v) is 3.41. The van der Waals surface area contributed by atoms with E-state index in [1.807, 2.05) is 6.92 Å². The molecule has 0 aliphatic heterocycles. The Bertz CT molecular complexity index is 718. The Hall–Kier alpha value is -2.84. The highest BCUT2D eigenvalue weighted by molar-refractivity contribution is 5.97. The molecule has 1 amide bonds. The fourth-order valence-electron chi connectivity index (χ4n) is 2.05. The number of carbonyl (C=O) groups excluding carboxylic acids is 1. The number of aliphatic hydroxyl groups excluding tert-OH is 1. The summed E-state index contributed by atoms with van der Waals surface area (Å²) in [4.78, 5) is 12.4. The number of nitrogens with one attached hydrogen (secondary N) is 1. The van der Waals surface area contributed by atoms with E-state index in [1.165, 1.54) is 0 Å². The number of carbonyl (C=O) groups is 1. The summed E-state index contributed by atoms with van der Waals surface area (Å²) in [5.74, 6) is 0.431. The van der Waals surface area contributed by atoms with Crippen molar-refractivity contribution in [3.63, 3.8) is 0 Å². The van der Waals surface area contributed by atoms with Gasteiger partial charge in [-0.1, -0.05) is 31.2 Å². The van der Waals surface area contributed by atoms with E-state index >= 15 is 0 Å². The zero-order valence-corrected chi connectivity index (χ0v) is 12.8. The minimum atomic E-state index is -0.323. The van der Waals surface area contributed by atoms with Gasteiger partial charge in [-0.3, -0.25) is 4.79 Å². The van der Waals surface area contributed by atoms with Crippen molar-refractivity contribution in [3.8, 4) is 17.6 Å². The van der Waals surface area contributed by atoms with Crippen LogP contribution in [0, 0.1) is 11.3 Å². The van der Waals surface area contributed by atoms with Crippen LogP contribution in [-0.2, 0) is 0 Å². The molecular weight excluding hydrogens is 292 g/mol. The van der Waals surface area contributed by atoms with Gasteiger partial charge in [0.25, 0.3) is 5.91 Å². The molecule has 0 heterocycles. The Morgan fingerprint density at radius 3 is 2.52 bits per heavy atom. The number of rotatable bonds is 6. The first kappa shape index (κ1) is 16.5. The smallest absolute Gasteiger partial charge is 0.255 e. The number of ether oxygens (including phenoxy) is 1. The minimum Gasteiger partial charge on any atom is -0.455 e. The molecule has 1 unspecified atom stereocenters. The number of nitrogens with zero attached hydrogens (tertiary/aromatic N) is 1. The van der Waals surface area contributed by atoms with Crippen molar-refractivity contribution in [2.45, 2.75) is 19.4 Å². The van der Waals surface area contributed by atoms with E-state index in [-0.39, 0.29) is 18.6 Å². The van der Waals surface area contributed by atoms with Gasteiger partial charge >= 0.3 is 0 Å². The first-order valence-corrected chi connectivity index (χ1v) is 7.37. The summed E-state index contributed by atoms with van der Waals surface area (Å²) >= 11 is 0. The van der Waals surface area contributed by atoms with Crippen LogP contribution in [0.3, 0.4) is 0 Å². The summed E-state index contributed by atoms with van der Waals surface area (Å²) in [5.41, 5.74) is 0.747. The molecule has 0 fully saturated rings. The van der Waals surface area contributed by atoms with E-state index in [0.717, 1.165) is 0 Å². The molecule has 0 bridgehead atoms. The highest BCUT2D eigenvalue weighted by atomic mass is 16.5. The van der Waals surface area contributed by atoms with Crippen LogP contribution in [0.4, 0.5) is 0 Å². The molecule has 5 nitrogen and oxygen atoms in total. The Balaban J connectivity index is 2.27. The fraction of sp³-hybridized carbons (Fsp3) is 0.222. The predicted molar refractivity (Wildman–Crippen MR) is 86.3 cm³/mol. The molecule has 0 spiro atoms. The third kappa shape index (κ3) is 4.09. The van der Waals surface area contributed by atoms with Gasteiger partial charge < -0.3 is 15.2 Å².